The molecule has 0 aliphatic rings. The van der Waals surface area contributed by atoms with E-state index in [4.69, 9.17) is 6.57 Å². The Morgan fingerprint density at radius 3 is 1.64 bits per heavy atom. The molecule has 8 aromatic carbocycles. The van der Waals surface area contributed by atoms with Crippen LogP contribution in [-0.4, -0.2) is 13.7 Å². The van der Waals surface area contributed by atoms with E-state index in [-0.39, 0.29) is 0 Å². The van der Waals surface area contributed by atoms with Gasteiger partial charge >= 0.3 is 0 Å². The maximum absolute atomic E-state index is 10.7. The summed E-state index contributed by atoms with van der Waals surface area (Å²) in [7, 11) is 0. The molecule has 0 atom stereocenters. The average molecular weight is 700 g/mol. The molecule has 55 heavy (non-hydrogen) atoms. The number of nitriles is 1. The van der Waals surface area contributed by atoms with Crippen LogP contribution < -0.4 is 0 Å². The molecule has 0 aliphatic carbocycles. The van der Waals surface area contributed by atoms with Gasteiger partial charge in [-0.3, -0.25) is 0 Å². The molecular weight excluding hydrogens is 671 g/mol. The van der Waals surface area contributed by atoms with Gasteiger partial charge in [-0.15, -0.1) is 0 Å². The van der Waals surface area contributed by atoms with Crippen molar-refractivity contribution in [2.75, 3.05) is 0 Å². The van der Waals surface area contributed by atoms with E-state index in [9.17, 15) is 5.26 Å². The van der Waals surface area contributed by atoms with Crippen molar-refractivity contribution in [1.29, 1.82) is 5.26 Å². The molecule has 254 valence electrons. The molecule has 0 fully saturated rings. The van der Waals surface area contributed by atoms with Gasteiger partial charge in [-0.1, -0.05) is 121 Å². The Kier molecular flexibility index (Phi) is 6.61. The minimum atomic E-state index is 0.582. The highest BCUT2D eigenvalue weighted by molar-refractivity contribution is 6.17. The second kappa shape index (κ2) is 11.8. The third kappa shape index (κ3) is 4.33. The zero-order valence-corrected chi connectivity index (χ0v) is 29.5. The first-order valence-corrected chi connectivity index (χ1v) is 18.3. The van der Waals surface area contributed by atoms with Crippen LogP contribution in [0.1, 0.15) is 5.56 Å². The maximum Gasteiger partial charge on any atom is 0.211 e. The summed E-state index contributed by atoms with van der Waals surface area (Å²) in [5, 5.41) is 17.5. The lowest BCUT2D eigenvalue weighted by atomic mass is 10.00. The number of nitrogens with zero attached hydrogens (tertiary/aromatic N) is 5. The molecule has 0 radical (unpaired) electrons. The normalized spacial score (nSPS) is 11.6. The second-order valence-corrected chi connectivity index (χ2v) is 13.9. The van der Waals surface area contributed by atoms with Crippen molar-refractivity contribution in [3.63, 3.8) is 0 Å². The van der Waals surface area contributed by atoms with Gasteiger partial charge in [-0.25, -0.2) is 4.85 Å². The third-order valence-corrected chi connectivity index (χ3v) is 11.1. The number of rotatable bonds is 4. The Labute approximate surface area is 316 Å². The molecule has 5 heteroatoms. The van der Waals surface area contributed by atoms with Gasteiger partial charge in [-0.05, 0) is 65.5 Å². The van der Waals surface area contributed by atoms with E-state index >= 15 is 0 Å². The van der Waals surface area contributed by atoms with Crippen molar-refractivity contribution in [2.24, 2.45) is 0 Å². The highest BCUT2D eigenvalue weighted by atomic mass is 15.0. The van der Waals surface area contributed by atoms with Gasteiger partial charge in [0.25, 0.3) is 0 Å². The Morgan fingerprint density at radius 2 is 0.945 bits per heavy atom. The highest BCUT2D eigenvalue weighted by Gasteiger charge is 2.22. The van der Waals surface area contributed by atoms with Crippen LogP contribution in [0.2, 0.25) is 0 Å². The zero-order valence-electron chi connectivity index (χ0n) is 29.5. The van der Waals surface area contributed by atoms with Crippen molar-refractivity contribution in [1.82, 2.24) is 13.7 Å². The predicted molar refractivity (Wildman–Crippen MR) is 226 cm³/mol. The van der Waals surface area contributed by atoms with Gasteiger partial charge in [0.1, 0.15) is 6.07 Å². The predicted octanol–water partition coefficient (Wildman–Crippen LogP) is 13.1. The number of para-hydroxylation sites is 6. The van der Waals surface area contributed by atoms with Crippen LogP contribution in [0, 0.1) is 17.9 Å². The van der Waals surface area contributed by atoms with Crippen molar-refractivity contribution in [2.45, 2.75) is 0 Å². The monoisotopic (exact) mass is 699 g/mol. The number of benzene rings is 8. The molecule has 0 saturated carbocycles. The second-order valence-electron chi connectivity index (χ2n) is 13.9. The summed E-state index contributed by atoms with van der Waals surface area (Å²) in [6.45, 7) is 8.08. The van der Waals surface area contributed by atoms with Gasteiger partial charge in [0.2, 0.25) is 5.69 Å². The number of hydrogen-bond donors (Lipinski definition) is 0. The molecule has 0 bridgehead atoms. The van der Waals surface area contributed by atoms with E-state index in [0.717, 1.165) is 82.8 Å². The smallest absolute Gasteiger partial charge is 0.211 e. The van der Waals surface area contributed by atoms with Crippen LogP contribution in [0.25, 0.3) is 98.5 Å². The van der Waals surface area contributed by atoms with Crippen LogP contribution in [0.4, 0.5) is 5.69 Å². The standard InChI is InChI=1S/C50H29N5/c1-52-40-20-12-19-38-37-17-5-10-24-44(37)55(50(38)40)41-21-7-2-14-34(41)32-28-29-33(31-51)48(30-32)54-45-25-11-6-18-39(45)49-46(26-13-27-47(49)54)53-42-22-8-3-15-35(42)36-16-4-9-23-43(36)53/h2-30H. The molecule has 0 unspecified atom stereocenters. The molecule has 3 heterocycles. The van der Waals surface area contributed by atoms with Gasteiger partial charge in [0, 0.05) is 32.5 Å². The Hall–Kier alpha value is -7.86. The summed E-state index contributed by atoms with van der Waals surface area (Å²) in [5.41, 5.74) is 12.3. The fraction of sp³-hybridized carbons (Fsp3) is 0. The van der Waals surface area contributed by atoms with Crippen LogP contribution in [0.3, 0.4) is 0 Å². The topological polar surface area (TPSA) is 42.9 Å². The molecule has 11 aromatic rings. The first-order valence-electron chi connectivity index (χ1n) is 18.3. The highest BCUT2D eigenvalue weighted by Crippen LogP contribution is 2.43. The molecule has 0 aliphatic heterocycles. The van der Waals surface area contributed by atoms with E-state index in [2.05, 4.69) is 158 Å². The quantitative estimate of drug-likeness (QED) is 0.169. The van der Waals surface area contributed by atoms with Gasteiger partial charge < -0.3 is 13.7 Å². The summed E-state index contributed by atoms with van der Waals surface area (Å²) in [6, 6.07) is 63.5. The summed E-state index contributed by atoms with van der Waals surface area (Å²) in [6.07, 6.45) is 0. The van der Waals surface area contributed by atoms with Crippen molar-refractivity contribution >= 4 is 71.1 Å². The van der Waals surface area contributed by atoms with Gasteiger partial charge in [0.05, 0.1) is 62.3 Å². The minimum absolute atomic E-state index is 0.582. The number of hydrogen-bond acceptors (Lipinski definition) is 1. The van der Waals surface area contributed by atoms with Crippen molar-refractivity contribution in [3.8, 4) is 34.3 Å². The number of fused-ring (bicyclic) bond motifs is 9. The number of aromatic nitrogens is 3. The van der Waals surface area contributed by atoms with Crippen LogP contribution in [0.5, 0.6) is 0 Å². The molecular formula is C50H29N5. The fourth-order valence-electron chi connectivity index (χ4n) is 8.86. The van der Waals surface area contributed by atoms with E-state index in [1.165, 1.54) is 10.8 Å². The summed E-state index contributed by atoms with van der Waals surface area (Å²) in [4.78, 5) is 3.96. The molecule has 5 nitrogen and oxygen atoms in total. The van der Waals surface area contributed by atoms with Gasteiger partial charge in [-0.2, -0.15) is 5.26 Å². The van der Waals surface area contributed by atoms with E-state index in [1.54, 1.807) is 0 Å². The lowest BCUT2D eigenvalue weighted by Crippen LogP contribution is -2.01. The Morgan fingerprint density at radius 1 is 0.436 bits per heavy atom. The molecule has 0 saturated heterocycles. The van der Waals surface area contributed by atoms with E-state index < -0.39 is 0 Å². The maximum atomic E-state index is 10.7. The summed E-state index contributed by atoms with van der Waals surface area (Å²) < 4.78 is 6.86. The molecule has 3 aromatic heterocycles. The largest absolute Gasteiger partial charge is 0.318 e. The summed E-state index contributed by atoms with van der Waals surface area (Å²) in [5.74, 6) is 0. The van der Waals surface area contributed by atoms with Crippen LogP contribution in [0.15, 0.2) is 176 Å². The van der Waals surface area contributed by atoms with E-state index in [1.807, 2.05) is 42.5 Å². The van der Waals surface area contributed by atoms with Crippen LogP contribution in [-0.2, 0) is 0 Å². The SMILES string of the molecule is [C-]#[N+]c1cccc2c3ccccc3n(-c3ccccc3-c3ccc(C#N)c(-n4c5ccccc5c5c(-n6c7ccccc7c7ccccc76)cccc54)c3)c12. The molecule has 11 rings (SSSR count). The lowest BCUT2D eigenvalue weighted by molar-refractivity contribution is 1.16. The van der Waals surface area contributed by atoms with Gasteiger partial charge in [0.15, 0.2) is 0 Å². The Balaban J connectivity index is 1.19. The first kappa shape index (κ1) is 30.7. The third-order valence-electron chi connectivity index (χ3n) is 11.1. The van der Waals surface area contributed by atoms with E-state index in [0.29, 0.717) is 11.3 Å². The first-order chi connectivity index (χ1) is 27.2. The molecule has 0 N–H and O–H groups in total. The van der Waals surface area contributed by atoms with Crippen LogP contribution >= 0.6 is 0 Å². The Bertz CT molecular complexity index is 3420. The average Bonchev–Trinajstić information content (AvgIpc) is 3.89. The van der Waals surface area contributed by atoms with Crippen molar-refractivity contribution < 1.29 is 0 Å². The zero-order chi connectivity index (χ0) is 36.6. The fourth-order valence-corrected chi connectivity index (χ4v) is 8.86. The van der Waals surface area contributed by atoms with Crippen molar-refractivity contribution in [3.05, 3.63) is 193 Å². The molecule has 0 amide bonds. The molecule has 0 spiro atoms. The summed E-state index contributed by atoms with van der Waals surface area (Å²) >= 11 is 0. The lowest BCUT2D eigenvalue weighted by Gasteiger charge is -2.17. The minimum Gasteiger partial charge on any atom is -0.318 e.